The number of unbranched alkanes of at least 4 members (excludes halogenated alkanes) is 1. The molecule has 30 N–H and O–H groups in total. The molecular formula is C71H124N22O17. The summed E-state index contributed by atoms with van der Waals surface area (Å²) in [4.78, 5) is 214. The van der Waals surface area contributed by atoms with Crippen molar-refractivity contribution in [2.24, 2.45) is 85.4 Å². The Hall–Kier alpha value is -10.3. The van der Waals surface area contributed by atoms with E-state index in [1.807, 2.05) is 6.92 Å². The molecule has 39 heteroatoms. The highest BCUT2D eigenvalue weighted by Crippen LogP contribution is 2.16. The second-order valence-corrected chi connectivity index (χ2v) is 28.6. The molecule has 1 rings (SSSR count). The molecular weight excluding hydrogens is 1430 g/mol. The number of aliphatic imine (C=N–C) groups is 2. The molecule has 0 aliphatic carbocycles. The summed E-state index contributed by atoms with van der Waals surface area (Å²) < 4.78 is 0. The maximum Gasteiger partial charge on any atom is 0.305 e. The third-order valence-electron chi connectivity index (χ3n) is 17.6. The molecule has 0 heterocycles. The summed E-state index contributed by atoms with van der Waals surface area (Å²) in [6.07, 6.45) is -0.318. The van der Waals surface area contributed by atoms with Crippen LogP contribution in [0.2, 0.25) is 0 Å². The molecule has 110 heavy (non-hydrogen) atoms. The van der Waals surface area contributed by atoms with Gasteiger partial charge in [-0.25, -0.2) is 0 Å². The number of hydrogen-bond donors (Lipinski definition) is 22. The molecule has 1 aromatic carbocycles. The van der Waals surface area contributed by atoms with Crippen LogP contribution in [0.15, 0.2) is 40.3 Å². The zero-order valence-corrected chi connectivity index (χ0v) is 65.1. The first kappa shape index (κ1) is 97.7. The number of nitrogens with one attached hydrogen (secondary N) is 12. The molecule has 0 saturated heterocycles. The van der Waals surface area contributed by atoms with E-state index in [4.69, 9.17) is 45.9 Å². The summed E-state index contributed by atoms with van der Waals surface area (Å²) >= 11 is 0. The number of aliphatic carboxylic acids is 1. The van der Waals surface area contributed by atoms with Gasteiger partial charge in [-0.15, -0.1) is 0 Å². The highest BCUT2D eigenvalue weighted by Gasteiger charge is 2.38. The Kier molecular flexibility index (Phi) is 46.1. The third kappa shape index (κ3) is 39.2. The van der Waals surface area contributed by atoms with Crippen molar-refractivity contribution >= 4 is 101 Å². The normalized spacial score (nSPS) is 15.0. The number of hydrogen-bond acceptors (Lipinski definition) is 20. The van der Waals surface area contributed by atoms with Crippen LogP contribution in [0.1, 0.15) is 171 Å². The van der Waals surface area contributed by atoms with Crippen molar-refractivity contribution in [3.05, 3.63) is 35.9 Å². The van der Waals surface area contributed by atoms with E-state index in [9.17, 15) is 82.1 Å². The van der Waals surface area contributed by atoms with Gasteiger partial charge in [0.15, 0.2) is 11.9 Å². The van der Waals surface area contributed by atoms with Crippen LogP contribution in [-0.4, -0.2) is 216 Å². The number of guanidine groups is 2. The van der Waals surface area contributed by atoms with E-state index in [1.165, 1.54) is 0 Å². The zero-order valence-electron chi connectivity index (χ0n) is 65.1. The maximum absolute atomic E-state index is 14.6. The summed E-state index contributed by atoms with van der Waals surface area (Å²) in [7, 11) is 0. The van der Waals surface area contributed by atoms with E-state index in [-0.39, 0.29) is 101 Å². The van der Waals surface area contributed by atoms with Gasteiger partial charge in [0.25, 0.3) is 0 Å². The lowest BCUT2D eigenvalue weighted by molar-refractivity contribution is -0.141. The number of carboxylic acids is 1. The molecule has 39 nitrogen and oxygen atoms in total. The van der Waals surface area contributed by atoms with Crippen molar-refractivity contribution in [2.45, 2.75) is 244 Å². The number of carbonyl (C=O) groups is 15. The second-order valence-electron chi connectivity index (χ2n) is 28.6. The van der Waals surface area contributed by atoms with Crippen LogP contribution in [0.25, 0.3) is 0 Å². The number of amides is 14. The number of nitrogens with two attached hydrogens (primary N) is 8. The van der Waals surface area contributed by atoms with E-state index in [0.29, 0.717) is 37.7 Å². The van der Waals surface area contributed by atoms with E-state index in [2.05, 4.69) is 73.8 Å². The number of primary amides is 2. The number of aliphatic hydroxyl groups is 1. The zero-order chi connectivity index (χ0) is 83.5. The Morgan fingerprint density at radius 1 is 0.427 bits per heavy atom. The third-order valence-corrected chi connectivity index (χ3v) is 17.6. The van der Waals surface area contributed by atoms with Crippen LogP contribution in [-0.2, 0) is 78.3 Å². The average molecular weight is 1560 g/mol. The van der Waals surface area contributed by atoms with Crippen LogP contribution in [0.3, 0.4) is 0 Å². The molecule has 0 aliphatic heterocycles. The Labute approximate surface area is 642 Å². The molecule has 0 spiro atoms. The largest absolute Gasteiger partial charge is 0.481 e. The molecule has 14 atom stereocenters. The monoisotopic (exact) mass is 1560 g/mol. The van der Waals surface area contributed by atoms with Crippen LogP contribution >= 0.6 is 0 Å². The number of benzene rings is 1. The number of nitrogens with zero attached hydrogens (tertiary/aromatic N) is 2. The summed E-state index contributed by atoms with van der Waals surface area (Å²) in [6.45, 7) is 16.1. The van der Waals surface area contributed by atoms with Crippen molar-refractivity contribution in [3.63, 3.8) is 0 Å². The van der Waals surface area contributed by atoms with Crippen molar-refractivity contribution in [1.29, 1.82) is 0 Å². The van der Waals surface area contributed by atoms with Gasteiger partial charge in [0, 0.05) is 25.9 Å². The van der Waals surface area contributed by atoms with Gasteiger partial charge >= 0.3 is 5.97 Å². The number of carboxylic acid groups (broad SMARTS) is 1. The topological polar surface area (TPSA) is 674 Å². The summed E-state index contributed by atoms with van der Waals surface area (Å²) in [5.74, 6) is -16.8. The molecule has 620 valence electrons. The fourth-order valence-corrected chi connectivity index (χ4v) is 11.1. The van der Waals surface area contributed by atoms with E-state index in [1.54, 1.807) is 92.6 Å². The molecule has 0 aliphatic rings. The number of carbonyl (C=O) groups excluding carboxylic acids is 14. The molecule has 1 aromatic rings. The number of rotatable bonds is 55. The Morgan fingerprint density at radius 2 is 0.818 bits per heavy atom. The van der Waals surface area contributed by atoms with Gasteiger partial charge in [0.2, 0.25) is 82.7 Å². The lowest BCUT2D eigenvalue weighted by Gasteiger charge is -2.29. The van der Waals surface area contributed by atoms with Gasteiger partial charge in [-0.05, 0) is 112 Å². The quantitative estimate of drug-likeness (QED) is 0.0165. The van der Waals surface area contributed by atoms with Crippen LogP contribution in [0, 0.1) is 29.6 Å². The Balaban J connectivity index is 3.60. The molecule has 0 fully saturated rings. The van der Waals surface area contributed by atoms with Crippen LogP contribution < -0.4 is 110 Å². The molecule has 0 aromatic heterocycles. The first-order valence-corrected chi connectivity index (χ1v) is 37.3. The van der Waals surface area contributed by atoms with Crippen molar-refractivity contribution in [3.8, 4) is 0 Å². The second kappa shape index (κ2) is 51.9. The predicted molar refractivity (Wildman–Crippen MR) is 409 cm³/mol. The first-order valence-electron chi connectivity index (χ1n) is 37.3. The maximum atomic E-state index is 14.6. The van der Waals surface area contributed by atoms with Gasteiger partial charge in [0.1, 0.15) is 66.5 Å². The van der Waals surface area contributed by atoms with Gasteiger partial charge < -0.3 is 120 Å². The highest BCUT2D eigenvalue weighted by molar-refractivity contribution is 6.00. The minimum Gasteiger partial charge on any atom is -0.481 e. The number of aliphatic hydroxyl groups excluding tert-OH is 1. The minimum absolute atomic E-state index is 0.0173. The standard InChI is InChI=1S/C71H124N22O17/c1-11-40(9)56(93-62(103)44(23-16-17-27-72)86-69(110)57(41(10)12-2)92-59(100)43(73)22-18-28-80-70(76)77)68(109)82-35-54(96)83-48(31-38(5)6)63(104)89-50(33-42-20-14-13-15-21-42)65(106)90-51(34-55(97)98)66(107)85-46(25-26-53(74)95)61(102)88-49(32-39(7)8)64(105)91-52(36-94)67(108)84-45(24-19-29-81-71(78)79)60(101)87-47(58(75)99)30-37(3)4/h13-15,20-21,37-41,43-52,56-57,94H,11-12,16-19,22-36,72-73H2,1-10H3,(H2,74,95)(H2,75,99)(H,82,109)(H,83,96)(H,84,108)(H,85,107)(H,86,110)(H,87,101)(H,88,102)(H,89,104)(H,90,106)(H,91,105)(H,92,100)(H,93,103)(H,97,98)(H4,76,77,80)(H4,78,79,81)/t40-,41-,43-,44?,45?,46?,47?,48?,49?,50?,51?,52?,56?,57?/m0/s1. The molecule has 0 saturated carbocycles. The fraction of sp³-hybridized carbons (Fsp3) is 0.676. The Bertz CT molecular complexity index is 3240. The summed E-state index contributed by atoms with van der Waals surface area (Å²) in [5.41, 5.74) is 45.1. The first-order chi connectivity index (χ1) is 51.7. The van der Waals surface area contributed by atoms with Gasteiger partial charge in [-0.1, -0.05) is 112 Å². The average Bonchev–Trinajstić information content (AvgIpc) is 0.845. The summed E-state index contributed by atoms with van der Waals surface area (Å²) in [5, 5.41) is 50.9. The van der Waals surface area contributed by atoms with Gasteiger partial charge in [0.05, 0.1) is 25.6 Å². The van der Waals surface area contributed by atoms with E-state index < -0.39 is 205 Å². The molecule has 0 radical (unpaired) electrons. The van der Waals surface area contributed by atoms with Crippen molar-refractivity contribution in [1.82, 2.24) is 63.8 Å². The summed E-state index contributed by atoms with van der Waals surface area (Å²) in [6, 6.07) is -9.26. The smallest absolute Gasteiger partial charge is 0.305 e. The van der Waals surface area contributed by atoms with Crippen LogP contribution in [0.4, 0.5) is 0 Å². The van der Waals surface area contributed by atoms with E-state index in [0.717, 1.165) is 0 Å². The van der Waals surface area contributed by atoms with E-state index >= 15 is 0 Å². The SMILES string of the molecule is CC[C@H](C)C(NC(=O)C(CCCCN)NC(=O)C(NC(=O)[C@@H](N)CCCN=C(N)N)[C@@H](C)CC)C(=O)NCC(=O)NC(CC(C)C)C(=O)NC(Cc1ccccc1)C(=O)NC(CC(=O)O)C(=O)NC(CCC(N)=O)C(=O)NC(CC(C)C)C(=O)NC(CO)C(=O)NC(CCCN=C(N)N)C(=O)NC(CC(C)C)C(N)=O. The molecule has 11 unspecified atom stereocenters. The van der Waals surface area contributed by atoms with Gasteiger partial charge in [-0.3, -0.25) is 81.9 Å². The molecule has 14 amide bonds. The van der Waals surface area contributed by atoms with Crippen LogP contribution in [0.5, 0.6) is 0 Å². The van der Waals surface area contributed by atoms with Gasteiger partial charge in [-0.2, -0.15) is 0 Å². The lowest BCUT2D eigenvalue weighted by atomic mass is 9.96. The van der Waals surface area contributed by atoms with Crippen molar-refractivity contribution in [2.75, 3.05) is 32.8 Å². The minimum atomic E-state index is -2.03. The predicted octanol–water partition coefficient (Wildman–Crippen LogP) is -5.31. The fourth-order valence-electron chi connectivity index (χ4n) is 11.1. The lowest BCUT2D eigenvalue weighted by Crippen LogP contribution is -2.61. The molecule has 0 bridgehead atoms. The highest BCUT2D eigenvalue weighted by atomic mass is 16.4. The van der Waals surface area contributed by atoms with Crippen molar-refractivity contribution < 1.29 is 82.1 Å². The Morgan fingerprint density at radius 3 is 1.30 bits per heavy atom.